The first kappa shape index (κ1) is 54.6. The number of hydrogen-bond acceptors (Lipinski definition) is 0. The molecular formula is C60H48F2Hf2Si2-6. The molecule has 0 atom stereocenters. The van der Waals surface area contributed by atoms with Gasteiger partial charge in [-0.15, -0.1) is 119 Å². The fraction of sp³-hybridized carbons (Fsp3) is 0. The van der Waals surface area contributed by atoms with Crippen molar-refractivity contribution in [3.8, 4) is 0 Å². The largest absolute Gasteiger partial charge is 1.00 e. The Bertz CT molecular complexity index is 2490. The van der Waals surface area contributed by atoms with Crippen LogP contribution < -0.4 is 30.2 Å². The summed E-state index contributed by atoms with van der Waals surface area (Å²) in [6.07, 6.45) is 0. The summed E-state index contributed by atoms with van der Waals surface area (Å²) < 4.78 is 0. The standard InChI is InChI=1S/2C12H10Si.4C9H7.2FH.2Hf/c2*1-3-7-11(8-4-1)13-12-9-5-2-6-10-12;4*1-2-5-9-7-3-6-8(9)4-1;;;;/h2*1-10H;4*1-7H;2*1H;;/q;;4*-1;;;;/p-2. The van der Waals surface area contributed by atoms with Crippen LogP contribution in [0, 0.1) is 0 Å². The van der Waals surface area contributed by atoms with Crippen LogP contribution in [0.1, 0.15) is 0 Å². The molecule has 0 aliphatic heterocycles. The maximum Gasteiger partial charge on any atom is 0.121 e. The van der Waals surface area contributed by atoms with Crippen LogP contribution in [0.25, 0.3) is 43.1 Å². The van der Waals surface area contributed by atoms with Gasteiger partial charge in [0.05, 0.1) is 0 Å². The summed E-state index contributed by atoms with van der Waals surface area (Å²) in [5.74, 6) is 0. The van der Waals surface area contributed by atoms with Gasteiger partial charge in [0.15, 0.2) is 0 Å². The Balaban J connectivity index is 0.000000209. The van der Waals surface area contributed by atoms with Crippen LogP contribution in [-0.2, 0) is 51.7 Å². The Labute approximate surface area is 431 Å². The molecule has 0 spiro atoms. The third kappa shape index (κ3) is 18.3. The molecule has 0 saturated heterocycles. The van der Waals surface area contributed by atoms with E-state index in [-0.39, 0.29) is 61.1 Å². The minimum absolute atomic E-state index is 0. The van der Waals surface area contributed by atoms with Gasteiger partial charge >= 0.3 is 0 Å². The molecule has 12 aromatic rings. The average Bonchev–Trinajstić information content (AvgIpc) is 4.20. The number of benzene rings is 8. The van der Waals surface area contributed by atoms with Crippen LogP contribution in [0.4, 0.5) is 0 Å². The van der Waals surface area contributed by atoms with Crippen molar-refractivity contribution in [2.24, 2.45) is 0 Å². The van der Waals surface area contributed by atoms with Crippen molar-refractivity contribution in [2.75, 3.05) is 0 Å². The van der Waals surface area contributed by atoms with Crippen LogP contribution in [-0.4, -0.2) is 19.0 Å². The molecule has 0 saturated carbocycles. The summed E-state index contributed by atoms with van der Waals surface area (Å²) in [6, 6.07) is 101. The Morgan fingerprint density at radius 2 is 0.394 bits per heavy atom. The van der Waals surface area contributed by atoms with E-state index in [1.54, 1.807) is 0 Å². The van der Waals surface area contributed by atoms with E-state index in [0.717, 1.165) is 19.0 Å². The smallest absolute Gasteiger partial charge is 0.121 e. The monoisotopic (exact) mass is 1220 g/mol. The van der Waals surface area contributed by atoms with E-state index >= 15 is 0 Å². The third-order valence-electron chi connectivity index (χ3n) is 9.86. The number of rotatable bonds is 4. The van der Waals surface area contributed by atoms with Gasteiger partial charge in [-0.25, -0.2) is 0 Å². The number of hydrogen-bond donors (Lipinski definition) is 0. The molecule has 0 aromatic heterocycles. The first-order chi connectivity index (χ1) is 30.8. The van der Waals surface area contributed by atoms with Crippen molar-refractivity contribution < 1.29 is 61.1 Å². The zero-order valence-corrected chi connectivity index (χ0v) is 45.7. The zero-order chi connectivity index (χ0) is 42.3. The fourth-order valence-corrected chi connectivity index (χ4v) is 8.80. The molecule has 0 aliphatic rings. The molecular weight excluding hydrogens is 1170 g/mol. The zero-order valence-electron chi connectivity index (χ0n) is 36.5. The van der Waals surface area contributed by atoms with Gasteiger partial charge in [-0.05, 0) is 0 Å². The van der Waals surface area contributed by atoms with E-state index in [2.05, 4.69) is 291 Å². The minimum atomic E-state index is 0. The minimum Gasteiger partial charge on any atom is -1.00 e. The van der Waals surface area contributed by atoms with Crippen molar-refractivity contribution >= 4 is 82.9 Å². The molecule has 324 valence electrons. The Hall–Kier alpha value is -5.77. The van der Waals surface area contributed by atoms with Gasteiger partial charge in [0, 0.05) is 51.7 Å². The second-order valence-corrected chi connectivity index (χ2v) is 17.1. The number of fused-ring (bicyclic) bond motifs is 4. The van der Waals surface area contributed by atoms with E-state index in [4.69, 9.17) is 0 Å². The maximum absolute atomic E-state index is 2.17. The summed E-state index contributed by atoms with van der Waals surface area (Å²) in [7, 11) is 1.55. The van der Waals surface area contributed by atoms with Crippen molar-refractivity contribution in [1.29, 1.82) is 0 Å². The van der Waals surface area contributed by atoms with Crippen LogP contribution >= 0.6 is 0 Å². The molecule has 0 bridgehead atoms. The normalized spacial score (nSPS) is 9.45. The van der Waals surface area contributed by atoms with Crippen LogP contribution in [0.5, 0.6) is 0 Å². The van der Waals surface area contributed by atoms with Crippen molar-refractivity contribution in [3.63, 3.8) is 0 Å². The van der Waals surface area contributed by atoms with Gasteiger partial charge in [-0.2, -0.15) is 70.1 Å². The van der Waals surface area contributed by atoms with Gasteiger partial charge in [0.2, 0.25) is 0 Å². The molecule has 66 heavy (non-hydrogen) atoms. The van der Waals surface area contributed by atoms with Crippen LogP contribution in [0.2, 0.25) is 0 Å². The molecule has 0 N–H and O–H groups in total. The molecule has 0 amide bonds. The molecule has 0 aliphatic carbocycles. The molecule has 0 heterocycles. The molecule has 12 aromatic carbocycles. The first-order valence-corrected chi connectivity index (χ1v) is 22.9. The summed E-state index contributed by atoms with van der Waals surface area (Å²) in [6.45, 7) is 0. The van der Waals surface area contributed by atoms with Crippen LogP contribution in [0.15, 0.2) is 291 Å². The Morgan fingerprint density at radius 1 is 0.212 bits per heavy atom. The van der Waals surface area contributed by atoms with Crippen molar-refractivity contribution in [3.05, 3.63) is 291 Å². The van der Waals surface area contributed by atoms with Gasteiger partial charge in [0.1, 0.15) is 19.0 Å². The van der Waals surface area contributed by atoms with E-state index in [1.807, 2.05) is 0 Å². The summed E-state index contributed by atoms with van der Waals surface area (Å²) in [5.41, 5.74) is 0. The van der Waals surface area contributed by atoms with Gasteiger partial charge in [-0.3, -0.25) is 0 Å². The summed E-state index contributed by atoms with van der Waals surface area (Å²) in [5, 5.41) is 16.2. The molecule has 0 unspecified atom stereocenters. The summed E-state index contributed by atoms with van der Waals surface area (Å²) >= 11 is 0. The molecule has 12 rings (SSSR count). The maximum atomic E-state index is 2.17. The van der Waals surface area contributed by atoms with E-state index in [9.17, 15) is 0 Å². The Morgan fingerprint density at radius 3 is 0.591 bits per heavy atom. The molecule has 4 radical (unpaired) electrons. The van der Waals surface area contributed by atoms with Crippen molar-refractivity contribution in [2.45, 2.75) is 0 Å². The second-order valence-electron chi connectivity index (χ2n) is 14.3. The predicted octanol–water partition coefficient (Wildman–Crippen LogP) is 6.92. The average molecular weight is 1220 g/mol. The van der Waals surface area contributed by atoms with Gasteiger partial charge in [0.25, 0.3) is 0 Å². The molecule has 0 nitrogen and oxygen atoms in total. The second kappa shape index (κ2) is 31.2. The molecule has 0 fully saturated rings. The Kier molecular flexibility index (Phi) is 25.8. The number of halogens is 2. The topological polar surface area (TPSA) is 0 Å². The third-order valence-corrected chi connectivity index (χ3v) is 12.4. The molecule has 6 heteroatoms. The van der Waals surface area contributed by atoms with E-state index in [0.29, 0.717) is 0 Å². The fourth-order valence-electron chi connectivity index (χ4n) is 6.70. The van der Waals surface area contributed by atoms with E-state index in [1.165, 1.54) is 63.8 Å². The quantitative estimate of drug-likeness (QED) is 0.133. The van der Waals surface area contributed by atoms with E-state index < -0.39 is 0 Å². The SMILES string of the molecule is [F-].[F-].[Hf].[Hf].c1ccc([Si]c2ccccc2)cc1.c1ccc([Si]c2ccccc2)cc1.c1ccc2[cH-]ccc2c1.c1ccc2[cH-]ccc2c1.c1ccc2[cH-]ccc2c1.c1ccc2[cH-]ccc2c1. The van der Waals surface area contributed by atoms with Gasteiger partial charge < -0.3 is 9.41 Å². The summed E-state index contributed by atoms with van der Waals surface area (Å²) in [4.78, 5) is 0. The van der Waals surface area contributed by atoms with Gasteiger partial charge in [-0.1, -0.05) is 166 Å². The van der Waals surface area contributed by atoms with Crippen LogP contribution in [0.3, 0.4) is 0 Å². The first-order valence-electron chi connectivity index (χ1n) is 20.9. The predicted molar refractivity (Wildman–Crippen MR) is 274 cm³/mol. The van der Waals surface area contributed by atoms with Crippen molar-refractivity contribution in [1.82, 2.24) is 0 Å².